The van der Waals surface area contributed by atoms with Crippen LogP contribution in [0.2, 0.25) is 0 Å². The minimum Gasteiger partial charge on any atom is -0.321 e. The van der Waals surface area contributed by atoms with E-state index in [9.17, 15) is 14.9 Å². The van der Waals surface area contributed by atoms with Crippen molar-refractivity contribution in [3.05, 3.63) is 94.3 Å². The number of nitrogens with one attached hydrogen (secondary N) is 1. The molecule has 0 bridgehead atoms. The van der Waals surface area contributed by atoms with Gasteiger partial charge < -0.3 is 9.72 Å². The fourth-order valence-electron chi connectivity index (χ4n) is 3.14. The van der Waals surface area contributed by atoms with Crippen LogP contribution in [0.1, 0.15) is 15.9 Å². The maximum absolute atomic E-state index is 12.8. The molecule has 7 nitrogen and oxygen atoms in total. The van der Waals surface area contributed by atoms with Crippen molar-refractivity contribution >= 4 is 22.9 Å². The SMILES string of the molecule is Cc1c(C(=O)Nc2ccccc2-c2cn3ccccc3n2)cccc1[N+](=O)[O-]. The Morgan fingerprint density at radius 1 is 1.07 bits per heavy atom. The number of hydrogen-bond acceptors (Lipinski definition) is 4. The average Bonchev–Trinajstić information content (AvgIpc) is 3.12. The van der Waals surface area contributed by atoms with Crippen LogP contribution < -0.4 is 5.32 Å². The Kier molecular flexibility index (Phi) is 4.33. The number of aromatic nitrogens is 2. The Balaban J connectivity index is 1.71. The molecular formula is C21H16N4O3. The number of para-hydroxylation sites is 1. The lowest BCUT2D eigenvalue weighted by atomic mass is 10.1. The fourth-order valence-corrected chi connectivity index (χ4v) is 3.14. The molecule has 1 N–H and O–H groups in total. The smallest absolute Gasteiger partial charge is 0.273 e. The van der Waals surface area contributed by atoms with Crippen molar-refractivity contribution in [1.82, 2.24) is 9.38 Å². The van der Waals surface area contributed by atoms with Crippen LogP contribution in [0.4, 0.5) is 11.4 Å². The molecule has 0 spiro atoms. The summed E-state index contributed by atoms with van der Waals surface area (Å²) in [6.07, 6.45) is 3.79. The maximum Gasteiger partial charge on any atom is 0.273 e. The molecule has 1 amide bonds. The van der Waals surface area contributed by atoms with Gasteiger partial charge in [0.25, 0.3) is 11.6 Å². The average molecular weight is 372 g/mol. The van der Waals surface area contributed by atoms with E-state index in [0.717, 1.165) is 16.9 Å². The number of amides is 1. The molecule has 4 rings (SSSR count). The molecule has 7 heteroatoms. The first-order valence-corrected chi connectivity index (χ1v) is 8.63. The number of carbonyl (C=O) groups is 1. The molecule has 0 saturated heterocycles. The van der Waals surface area contributed by atoms with Crippen molar-refractivity contribution in [2.45, 2.75) is 6.92 Å². The Morgan fingerprint density at radius 2 is 1.86 bits per heavy atom. The molecule has 0 aliphatic carbocycles. The second-order valence-corrected chi connectivity index (χ2v) is 6.30. The van der Waals surface area contributed by atoms with E-state index < -0.39 is 10.8 Å². The van der Waals surface area contributed by atoms with E-state index in [1.165, 1.54) is 12.1 Å². The molecule has 4 aromatic rings. The lowest BCUT2D eigenvalue weighted by molar-refractivity contribution is -0.385. The zero-order valence-corrected chi connectivity index (χ0v) is 15.0. The van der Waals surface area contributed by atoms with E-state index in [2.05, 4.69) is 10.3 Å². The molecule has 0 aliphatic rings. The minimum absolute atomic E-state index is 0.0821. The number of nitro benzene ring substituents is 1. The monoisotopic (exact) mass is 372 g/mol. The summed E-state index contributed by atoms with van der Waals surface area (Å²) in [6.45, 7) is 1.57. The van der Waals surface area contributed by atoms with Gasteiger partial charge in [-0.15, -0.1) is 0 Å². The zero-order chi connectivity index (χ0) is 19.7. The number of imidazole rings is 1. The number of anilines is 1. The molecule has 0 atom stereocenters. The predicted molar refractivity (Wildman–Crippen MR) is 106 cm³/mol. The normalized spacial score (nSPS) is 10.8. The highest BCUT2D eigenvalue weighted by Gasteiger charge is 2.19. The van der Waals surface area contributed by atoms with Gasteiger partial charge in [0, 0.05) is 35.2 Å². The number of rotatable bonds is 4. The van der Waals surface area contributed by atoms with Crippen LogP contribution in [0.5, 0.6) is 0 Å². The van der Waals surface area contributed by atoms with Crippen molar-refractivity contribution in [2.24, 2.45) is 0 Å². The van der Waals surface area contributed by atoms with E-state index in [0.29, 0.717) is 11.3 Å². The summed E-state index contributed by atoms with van der Waals surface area (Å²) in [5, 5.41) is 14.0. The Morgan fingerprint density at radius 3 is 2.64 bits per heavy atom. The Hall–Kier alpha value is -4.00. The molecule has 2 aromatic heterocycles. The van der Waals surface area contributed by atoms with Gasteiger partial charge in [-0.2, -0.15) is 0 Å². The molecular weight excluding hydrogens is 356 g/mol. The number of hydrogen-bond donors (Lipinski definition) is 1. The van der Waals surface area contributed by atoms with Gasteiger partial charge in [0.2, 0.25) is 0 Å². The number of benzene rings is 2. The summed E-state index contributed by atoms with van der Waals surface area (Å²) >= 11 is 0. The Bertz CT molecular complexity index is 1180. The van der Waals surface area contributed by atoms with Gasteiger partial charge >= 0.3 is 0 Å². The second-order valence-electron chi connectivity index (χ2n) is 6.30. The molecule has 0 fully saturated rings. The number of nitrogens with zero attached hydrogens (tertiary/aromatic N) is 3. The van der Waals surface area contributed by atoms with Crippen molar-refractivity contribution in [3.63, 3.8) is 0 Å². The lowest BCUT2D eigenvalue weighted by Crippen LogP contribution is -2.14. The molecule has 2 heterocycles. The third kappa shape index (κ3) is 3.09. The molecule has 138 valence electrons. The van der Waals surface area contributed by atoms with Crippen molar-refractivity contribution in [1.29, 1.82) is 0 Å². The summed E-state index contributed by atoms with van der Waals surface area (Å²) in [4.78, 5) is 28.1. The van der Waals surface area contributed by atoms with Crippen LogP contribution in [0, 0.1) is 17.0 Å². The number of pyridine rings is 1. The molecule has 0 aliphatic heterocycles. The summed E-state index contributed by atoms with van der Waals surface area (Å²) in [6, 6.07) is 17.5. The molecule has 0 unspecified atom stereocenters. The van der Waals surface area contributed by atoms with Gasteiger partial charge in [-0.3, -0.25) is 14.9 Å². The fraction of sp³-hybridized carbons (Fsp3) is 0.0476. The molecule has 0 saturated carbocycles. The highest BCUT2D eigenvalue weighted by atomic mass is 16.6. The van der Waals surface area contributed by atoms with E-state index in [-0.39, 0.29) is 11.3 Å². The van der Waals surface area contributed by atoms with Crippen molar-refractivity contribution < 1.29 is 9.72 Å². The zero-order valence-electron chi connectivity index (χ0n) is 15.0. The van der Waals surface area contributed by atoms with Crippen LogP contribution >= 0.6 is 0 Å². The first-order chi connectivity index (χ1) is 13.5. The number of fused-ring (bicyclic) bond motifs is 1. The first-order valence-electron chi connectivity index (χ1n) is 8.63. The van der Waals surface area contributed by atoms with Gasteiger partial charge in [0.15, 0.2) is 0 Å². The van der Waals surface area contributed by atoms with Gasteiger partial charge in [-0.05, 0) is 31.2 Å². The predicted octanol–water partition coefficient (Wildman–Crippen LogP) is 4.47. The Labute approximate surface area is 160 Å². The topological polar surface area (TPSA) is 89.5 Å². The second kappa shape index (κ2) is 6.96. The first kappa shape index (κ1) is 17.4. The minimum atomic E-state index is -0.489. The highest BCUT2D eigenvalue weighted by Crippen LogP contribution is 2.29. The summed E-state index contributed by atoms with van der Waals surface area (Å²) in [5.74, 6) is -0.405. The third-order valence-corrected chi connectivity index (χ3v) is 4.56. The van der Waals surface area contributed by atoms with Gasteiger partial charge in [-0.1, -0.05) is 30.3 Å². The van der Waals surface area contributed by atoms with Gasteiger partial charge in [0.1, 0.15) is 5.65 Å². The molecule has 2 aromatic carbocycles. The van der Waals surface area contributed by atoms with Crippen molar-refractivity contribution in [2.75, 3.05) is 5.32 Å². The van der Waals surface area contributed by atoms with Gasteiger partial charge in [0.05, 0.1) is 16.3 Å². The van der Waals surface area contributed by atoms with Crippen LogP contribution in [-0.2, 0) is 0 Å². The summed E-state index contributed by atoms with van der Waals surface area (Å²) < 4.78 is 1.90. The van der Waals surface area contributed by atoms with Crippen LogP contribution in [0.25, 0.3) is 16.9 Å². The van der Waals surface area contributed by atoms with E-state index in [1.54, 1.807) is 19.1 Å². The summed E-state index contributed by atoms with van der Waals surface area (Å²) in [5.41, 5.74) is 3.38. The maximum atomic E-state index is 12.8. The quantitative estimate of drug-likeness (QED) is 0.423. The van der Waals surface area contributed by atoms with Crippen LogP contribution in [0.15, 0.2) is 73.1 Å². The highest BCUT2D eigenvalue weighted by molar-refractivity contribution is 6.07. The third-order valence-electron chi connectivity index (χ3n) is 4.56. The van der Waals surface area contributed by atoms with Gasteiger partial charge in [-0.25, -0.2) is 4.98 Å². The number of carbonyl (C=O) groups excluding carboxylic acids is 1. The molecule has 28 heavy (non-hydrogen) atoms. The summed E-state index contributed by atoms with van der Waals surface area (Å²) in [7, 11) is 0. The van der Waals surface area contributed by atoms with E-state index in [4.69, 9.17) is 0 Å². The standard InChI is InChI=1S/C21H16N4O3/c1-14-15(8-6-10-19(14)25(27)28)21(26)23-17-9-3-2-7-16(17)18-13-24-12-5-4-11-20(24)22-18/h2-13H,1H3,(H,23,26). The van der Waals surface area contributed by atoms with E-state index >= 15 is 0 Å². The van der Waals surface area contributed by atoms with E-state index in [1.807, 2.05) is 53.2 Å². The number of nitro groups is 1. The molecule has 0 radical (unpaired) electrons. The van der Waals surface area contributed by atoms with Crippen LogP contribution in [0.3, 0.4) is 0 Å². The van der Waals surface area contributed by atoms with Crippen molar-refractivity contribution in [3.8, 4) is 11.3 Å². The van der Waals surface area contributed by atoms with Crippen LogP contribution in [-0.4, -0.2) is 20.2 Å². The largest absolute Gasteiger partial charge is 0.321 e. The lowest BCUT2D eigenvalue weighted by Gasteiger charge is -2.11.